The first-order valence-corrected chi connectivity index (χ1v) is 10.6. The van der Waals surface area contributed by atoms with Gasteiger partial charge < -0.3 is 15.7 Å². The van der Waals surface area contributed by atoms with E-state index in [1.54, 1.807) is 24.3 Å². The lowest BCUT2D eigenvalue weighted by Crippen LogP contribution is -2.45. The number of benzene rings is 2. The van der Waals surface area contributed by atoms with Gasteiger partial charge in [0.15, 0.2) is 0 Å². The summed E-state index contributed by atoms with van der Waals surface area (Å²) < 4.78 is 29.8. The van der Waals surface area contributed by atoms with Crippen LogP contribution in [0.4, 0.5) is 8.78 Å². The topological polar surface area (TPSA) is 61.4 Å². The third-order valence-corrected chi connectivity index (χ3v) is 5.95. The van der Waals surface area contributed by atoms with Crippen LogP contribution in [-0.2, 0) is 10.4 Å². The van der Waals surface area contributed by atoms with Crippen molar-refractivity contribution in [3.8, 4) is 11.1 Å². The molecule has 0 aromatic heterocycles. The quantitative estimate of drug-likeness (QED) is 0.597. The minimum atomic E-state index is -1.35. The maximum Gasteiger partial charge on any atom is 0.216 e. The van der Waals surface area contributed by atoms with Crippen LogP contribution in [0.1, 0.15) is 43.7 Å². The Balaban J connectivity index is 2.07. The van der Waals surface area contributed by atoms with Gasteiger partial charge in [-0.05, 0) is 62.9 Å². The van der Waals surface area contributed by atoms with Crippen molar-refractivity contribution in [3.63, 3.8) is 0 Å². The summed E-state index contributed by atoms with van der Waals surface area (Å²) in [7, 11) is 0. The first-order chi connectivity index (χ1) is 14.3. The van der Waals surface area contributed by atoms with Crippen molar-refractivity contribution in [2.75, 3.05) is 19.6 Å². The Morgan fingerprint density at radius 1 is 1.27 bits per heavy atom. The molecule has 1 aliphatic heterocycles. The summed E-state index contributed by atoms with van der Waals surface area (Å²) in [5.41, 5.74) is 0.149. The number of halogens is 2. The van der Waals surface area contributed by atoms with E-state index < -0.39 is 17.2 Å². The molecule has 2 aromatic rings. The molecule has 0 spiro atoms. The number of aryl methyl sites for hydroxylation is 1. The van der Waals surface area contributed by atoms with E-state index in [9.17, 15) is 14.3 Å². The lowest BCUT2D eigenvalue weighted by Gasteiger charge is -2.40. The Bertz CT molecular complexity index is 897. The maximum atomic E-state index is 15.1. The SMILES string of the molecule is CC(=O)NCCCC(O)(c1cccc(F)c1-c1cc(C)ccc1F)C1CCCNC1. The third-order valence-electron chi connectivity index (χ3n) is 5.95. The molecule has 1 aliphatic rings. The van der Waals surface area contributed by atoms with Gasteiger partial charge in [-0.1, -0.05) is 23.8 Å². The molecule has 2 unspecified atom stereocenters. The van der Waals surface area contributed by atoms with E-state index in [0.717, 1.165) is 24.9 Å². The van der Waals surface area contributed by atoms with Crippen molar-refractivity contribution in [2.45, 2.75) is 45.1 Å². The van der Waals surface area contributed by atoms with E-state index in [1.165, 1.54) is 19.1 Å². The fourth-order valence-electron chi connectivity index (χ4n) is 4.43. The molecule has 1 amide bonds. The Morgan fingerprint density at radius 3 is 2.77 bits per heavy atom. The van der Waals surface area contributed by atoms with Crippen LogP contribution in [0.3, 0.4) is 0 Å². The Morgan fingerprint density at radius 2 is 2.07 bits per heavy atom. The van der Waals surface area contributed by atoms with Crippen molar-refractivity contribution in [1.82, 2.24) is 10.6 Å². The van der Waals surface area contributed by atoms with Gasteiger partial charge in [-0.25, -0.2) is 8.78 Å². The van der Waals surface area contributed by atoms with Gasteiger partial charge in [0.05, 0.1) is 5.60 Å². The number of piperidine rings is 1. The van der Waals surface area contributed by atoms with Gasteiger partial charge in [0.2, 0.25) is 5.91 Å². The van der Waals surface area contributed by atoms with Crippen LogP contribution < -0.4 is 10.6 Å². The van der Waals surface area contributed by atoms with E-state index >= 15 is 4.39 Å². The van der Waals surface area contributed by atoms with E-state index in [2.05, 4.69) is 10.6 Å². The predicted molar refractivity (Wildman–Crippen MR) is 114 cm³/mol. The predicted octanol–water partition coefficient (Wildman–Crippen LogP) is 4.04. The fourth-order valence-corrected chi connectivity index (χ4v) is 4.43. The summed E-state index contributed by atoms with van der Waals surface area (Å²) in [5, 5.41) is 18.0. The molecule has 0 bridgehead atoms. The molecule has 3 N–H and O–H groups in total. The van der Waals surface area contributed by atoms with E-state index in [0.29, 0.717) is 31.5 Å². The molecule has 0 radical (unpaired) electrons. The van der Waals surface area contributed by atoms with E-state index in [4.69, 9.17) is 0 Å². The molecule has 4 nitrogen and oxygen atoms in total. The summed E-state index contributed by atoms with van der Waals surface area (Å²) in [5.74, 6) is -1.35. The zero-order chi connectivity index (χ0) is 21.7. The van der Waals surface area contributed by atoms with Crippen LogP contribution in [0.2, 0.25) is 0 Å². The molecule has 3 rings (SSSR count). The largest absolute Gasteiger partial charge is 0.385 e. The van der Waals surface area contributed by atoms with E-state index in [-0.39, 0.29) is 23.0 Å². The number of carbonyl (C=O) groups excluding carboxylic acids is 1. The molecule has 0 saturated carbocycles. The number of rotatable bonds is 7. The molecule has 30 heavy (non-hydrogen) atoms. The summed E-state index contributed by atoms with van der Waals surface area (Å²) in [6.07, 6.45) is 2.56. The van der Waals surface area contributed by atoms with E-state index in [1.807, 2.05) is 6.92 Å². The van der Waals surface area contributed by atoms with Crippen LogP contribution in [-0.4, -0.2) is 30.6 Å². The molecular formula is C24H30F2N2O2. The molecule has 2 aromatic carbocycles. The Labute approximate surface area is 176 Å². The summed E-state index contributed by atoms with van der Waals surface area (Å²) >= 11 is 0. The Hall–Kier alpha value is -2.31. The van der Waals surface area contributed by atoms with Gasteiger partial charge >= 0.3 is 0 Å². The van der Waals surface area contributed by atoms with Crippen molar-refractivity contribution in [2.24, 2.45) is 5.92 Å². The molecule has 1 fully saturated rings. The zero-order valence-corrected chi connectivity index (χ0v) is 17.6. The van der Waals surface area contributed by atoms with Gasteiger partial charge in [-0.15, -0.1) is 0 Å². The summed E-state index contributed by atoms with van der Waals surface area (Å²) in [6.45, 7) is 5.17. The molecule has 2 atom stereocenters. The van der Waals surface area contributed by atoms with Gasteiger partial charge in [0.1, 0.15) is 11.6 Å². The smallest absolute Gasteiger partial charge is 0.216 e. The number of aliphatic hydroxyl groups is 1. The minimum absolute atomic E-state index is 0.117. The van der Waals surface area contributed by atoms with Crippen molar-refractivity contribution >= 4 is 5.91 Å². The van der Waals surface area contributed by atoms with Crippen molar-refractivity contribution in [3.05, 3.63) is 59.2 Å². The lowest BCUT2D eigenvalue weighted by molar-refractivity contribution is -0.119. The number of carbonyl (C=O) groups is 1. The minimum Gasteiger partial charge on any atom is -0.385 e. The van der Waals surface area contributed by atoms with Gasteiger partial charge in [0, 0.05) is 37.1 Å². The highest BCUT2D eigenvalue weighted by Gasteiger charge is 2.41. The number of hydrogen-bond donors (Lipinski definition) is 3. The average Bonchev–Trinajstić information content (AvgIpc) is 2.73. The maximum absolute atomic E-state index is 15.1. The number of amides is 1. The van der Waals surface area contributed by atoms with Crippen LogP contribution >= 0.6 is 0 Å². The van der Waals surface area contributed by atoms with Crippen molar-refractivity contribution in [1.29, 1.82) is 0 Å². The Kier molecular flexibility index (Phi) is 7.21. The summed E-state index contributed by atoms with van der Waals surface area (Å²) in [4.78, 5) is 11.2. The highest BCUT2D eigenvalue weighted by atomic mass is 19.1. The summed E-state index contributed by atoms with van der Waals surface area (Å²) in [6, 6.07) is 9.17. The normalized spacial score (nSPS) is 18.6. The number of nitrogens with one attached hydrogen (secondary N) is 2. The fraction of sp³-hybridized carbons (Fsp3) is 0.458. The van der Waals surface area contributed by atoms with Crippen LogP contribution in [0, 0.1) is 24.5 Å². The first-order valence-electron chi connectivity index (χ1n) is 10.6. The second-order valence-electron chi connectivity index (χ2n) is 8.20. The second-order valence-corrected chi connectivity index (χ2v) is 8.20. The average molecular weight is 417 g/mol. The monoisotopic (exact) mass is 416 g/mol. The molecule has 6 heteroatoms. The van der Waals surface area contributed by atoms with Gasteiger partial charge in [0.25, 0.3) is 0 Å². The van der Waals surface area contributed by atoms with Gasteiger partial charge in [-0.3, -0.25) is 4.79 Å². The molecule has 162 valence electrons. The second kappa shape index (κ2) is 9.67. The highest BCUT2D eigenvalue weighted by Crippen LogP contribution is 2.43. The molecule has 0 aliphatic carbocycles. The standard InChI is InChI=1S/C24H30F2N2O2/c1-16-9-10-21(25)19(14-16)23-20(7-3-8-22(23)26)24(30,11-5-13-28-17(2)29)18-6-4-12-27-15-18/h3,7-10,14,18,27,30H,4-6,11-13,15H2,1-2H3,(H,28,29). The first kappa shape index (κ1) is 22.4. The molecular weight excluding hydrogens is 386 g/mol. The highest BCUT2D eigenvalue weighted by molar-refractivity contribution is 5.72. The number of hydrogen-bond acceptors (Lipinski definition) is 3. The van der Waals surface area contributed by atoms with Crippen LogP contribution in [0.15, 0.2) is 36.4 Å². The molecule has 1 heterocycles. The van der Waals surface area contributed by atoms with Crippen molar-refractivity contribution < 1.29 is 18.7 Å². The zero-order valence-electron chi connectivity index (χ0n) is 17.6. The third kappa shape index (κ3) is 4.87. The van der Waals surface area contributed by atoms with Crippen LogP contribution in [0.25, 0.3) is 11.1 Å². The lowest BCUT2D eigenvalue weighted by atomic mass is 9.72. The van der Waals surface area contributed by atoms with Gasteiger partial charge in [-0.2, -0.15) is 0 Å². The van der Waals surface area contributed by atoms with Crippen LogP contribution in [0.5, 0.6) is 0 Å². The molecule has 1 saturated heterocycles.